The number of halogens is 1. The van der Waals surface area contributed by atoms with E-state index >= 15 is 0 Å². The van der Waals surface area contributed by atoms with Crippen LogP contribution >= 0.6 is 15.9 Å². The van der Waals surface area contributed by atoms with Gasteiger partial charge in [-0.2, -0.15) is 34.7 Å². The van der Waals surface area contributed by atoms with Gasteiger partial charge in [-0.05, 0) is 54.7 Å². The maximum atomic E-state index is 12.8. The first-order chi connectivity index (χ1) is 19.1. The molecule has 41 heavy (non-hydrogen) atoms. The Kier molecular flexibility index (Phi) is 11.8. The number of fused-ring (bicyclic) bond motifs is 1. The van der Waals surface area contributed by atoms with E-state index in [2.05, 4.69) is 37.5 Å². The number of hydrogen-bond acceptors (Lipinski definition) is 6. The topological polar surface area (TPSA) is 115 Å². The van der Waals surface area contributed by atoms with Crippen LogP contribution in [0.15, 0.2) is 47.1 Å². The van der Waals surface area contributed by atoms with Gasteiger partial charge in [0, 0.05) is 41.2 Å². The molecule has 1 atom stereocenters. The zero-order valence-electron chi connectivity index (χ0n) is 23.8. The maximum Gasteiger partial charge on any atom is 1.00 e. The summed E-state index contributed by atoms with van der Waals surface area (Å²) in [4.78, 5) is 29.1. The third-order valence-corrected chi connectivity index (χ3v) is 9.80. The normalized spacial score (nSPS) is 17.2. The summed E-state index contributed by atoms with van der Waals surface area (Å²) in [5.41, 5.74) is 3.87. The van der Waals surface area contributed by atoms with Gasteiger partial charge < -0.3 is 9.30 Å². The van der Waals surface area contributed by atoms with Gasteiger partial charge in [0.05, 0.1) is 7.11 Å². The number of carbonyl (C=O) groups is 1. The van der Waals surface area contributed by atoms with Crippen molar-refractivity contribution in [1.82, 2.24) is 13.6 Å². The fraction of sp³-hybridized carbons (Fsp3) is 0.414. The number of nitrogens with zero attached hydrogens (tertiary/aromatic N) is 2. The molecule has 1 aromatic heterocycles. The molecule has 2 aliphatic rings. The van der Waals surface area contributed by atoms with Crippen LogP contribution in [0.5, 0.6) is 5.75 Å². The van der Waals surface area contributed by atoms with E-state index in [-0.39, 0.29) is 35.7 Å². The van der Waals surface area contributed by atoms with E-state index in [1.165, 1.54) is 63.2 Å². The Morgan fingerprint density at radius 1 is 1.12 bits per heavy atom. The second kappa shape index (κ2) is 14.5. The van der Waals surface area contributed by atoms with Crippen LogP contribution in [0, 0.1) is 5.92 Å². The van der Waals surface area contributed by atoms with Crippen molar-refractivity contribution in [2.24, 2.45) is 0 Å². The fourth-order valence-corrected chi connectivity index (χ4v) is 6.50. The van der Waals surface area contributed by atoms with E-state index in [1.807, 2.05) is 24.3 Å². The van der Waals surface area contributed by atoms with Crippen molar-refractivity contribution in [1.29, 1.82) is 0 Å². The average Bonchev–Trinajstić information content (AvgIpc) is 3.60. The SMILES string of the molecule is COc1ccc(Br)c([C@@H]2C[C-]2Cn2cc(C3CCCCC3)c3ccc(C(=O)NS(=O)(=O)N(C)C)cc32)c1.O=C=O.[Na+]. The van der Waals surface area contributed by atoms with E-state index in [0.717, 1.165) is 38.4 Å². The van der Waals surface area contributed by atoms with E-state index in [4.69, 9.17) is 14.3 Å². The molecule has 0 aliphatic heterocycles. The Hall–Kier alpha value is -1.98. The Bertz CT molecular complexity index is 1530. The second-order valence-electron chi connectivity index (χ2n) is 10.4. The molecule has 3 aromatic rings. The number of benzene rings is 2. The third-order valence-electron chi connectivity index (χ3n) is 7.67. The smallest absolute Gasteiger partial charge is 0.497 e. The van der Waals surface area contributed by atoms with Crippen molar-refractivity contribution in [3.63, 3.8) is 0 Å². The number of aromatic nitrogens is 1. The van der Waals surface area contributed by atoms with Crippen LogP contribution in [0.25, 0.3) is 10.9 Å². The number of hydrogen-bond donors (Lipinski definition) is 1. The largest absolute Gasteiger partial charge is 1.00 e. The monoisotopic (exact) mass is 653 g/mol. The third kappa shape index (κ3) is 7.90. The van der Waals surface area contributed by atoms with E-state index in [1.54, 1.807) is 13.2 Å². The van der Waals surface area contributed by atoms with Crippen LogP contribution in [0.3, 0.4) is 0 Å². The van der Waals surface area contributed by atoms with Gasteiger partial charge in [-0.3, -0.25) is 10.7 Å². The molecule has 5 rings (SSSR count). The molecular weight excluding hydrogens is 621 g/mol. The van der Waals surface area contributed by atoms with Crippen LogP contribution in [0.2, 0.25) is 0 Å². The number of methoxy groups -OCH3 is 1. The van der Waals surface area contributed by atoms with Crippen molar-refractivity contribution in [3.05, 3.63) is 69.7 Å². The first kappa shape index (κ1) is 33.5. The van der Waals surface area contributed by atoms with Crippen LogP contribution < -0.4 is 39.0 Å². The van der Waals surface area contributed by atoms with Crippen molar-refractivity contribution in [3.8, 4) is 5.75 Å². The molecule has 1 amide bonds. The Morgan fingerprint density at radius 2 is 1.80 bits per heavy atom. The summed E-state index contributed by atoms with van der Waals surface area (Å²) >= 11 is 3.70. The summed E-state index contributed by atoms with van der Waals surface area (Å²) < 4.78 is 36.4. The minimum atomic E-state index is -3.87. The molecular formula is C29H33BrN3NaO6S. The number of carbonyl (C=O) groups excluding carboxylic acids is 3. The molecule has 214 valence electrons. The molecule has 0 bridgehead atoms. The summed E-state index contributed by atoms with van der Waals surface area (Å²) in [6, 6.07) is 11.6. The maximum absolute atomic E-state index is 12.8. The Morgan fingerprint density at radius 3 is 2.44 bits per heavy atom. The van der Waals surface area contributed by atoms with Gasteiger partial charge in [0.1, 0.15) is 5.75 Å². The Labute approximate surface area is 271 Å². The molecule has 0 radical (unpaired) electrons. The zero-order valence-corrected chi connectivity index (χ0v) is 28.2. The quantitative estimate of drug-likeness (QED) is 0.295. The van der Waals surface area contributed by atoms with E-state index < -0.39 is 16.1 Å². The molecule has 9 nitrogen and oxygen atoms in total. The number of ether oxygens (including phenoxy) is 1. The second-order valence-corrected chi connectivity index (χ2v) is 13.1. The average molecular weight is 655 g/mol. The minimum Gasteiger partial charge on any atom is -0.497 e. The summed E-state index contributed by atoms with van der Waals surface area (Å²) in [5.74, 6) is 2.51. The van der Waals surface area contributed by atoms with Gasteiger partial charge in [0.2, 0.25) is 0 Å². The molecule has 1 heterocycles. The molecule has 2 aromatic carbocycles. The predicted octanol–water partition coefficient (Wildman–Crippen LogP) is 2.18. The number of nitrogens with one attached hydrogen (secondary N) is 1. The molecule has 0 unspecified atom stereocenters. The zero-order chi connectivity index (χ0) is 29.0. The van der Waals surface area contributed by atoms with E-state index in [0.29, 0.717) is 17.4 Å². The van der Waals surface area contributed by atoms with Gasteiger partial charge in [-0.15, -0.1) is 0 Å². The summed E-state index contributed by atoms with van der Waals surface area (Å²) in [6.45, 7) is 0.763. The molecule has 0 spiro atoms. The molecule has 2 aliphatic carbocycles. The van der Waals surface area contributed by atoms with Crippen LogP contribution in [0.4, 0.5) is 0 Å². The van der Waals surface area contributed by atoms with Gasteiger partial charge >= 0.3 is 45.9 Å². The number of rotatable bonds is 8. The molecule has 12 heteroatoms. The van der Waals surface area contributed by atoms with Crippen molar-refractivity contribution < 1.29 is 57.1 Å². The van der Waals surface area contributed by atoms with Gasteiger partial charge in [-0.25, -0.2) is 4.72 Å². The molecule has 0 saturated heterocycles. The molecule has 1 N–H and O–H groups in total. The van der Waals surface area contributed by atoms with Crippen LogP contribution in [0.1, 0.15) is 71.8 Å². The van der Waals surface area contributed by atoms with Crippen LogP contribution in [-0.2, 0) is 26.3 Å². The van der Waals surface area contributed by atoms with Crippen molar-refractivity contribution >= 4 is 49.1 Å². The minimum absolute atomic E-state index is 0. The summed E-state index contributed by atoms with van der Waals surface area (Å²) in [6.07, 6.45) is 9.64. The van der Waals surface area contributed by atoms with Gasteiger partial charge in [0.25, 0.3) is 5.91 Å². The van der Waals surface area contributed by atoms with Gasteiger partial charge in [0.15, 0.2) is 0 Å². The summed E-state index contributed by atoms with van der Waals surface area (Å²) in [5, 5.41) is 1.15. The summed E-state index contributed by atoms with van der Waals surface area (Å²) in [7, 11) is 0.598. The van der Waals surface area contributed by atoms with Crippen LogP contribution in [-0.4, -0.2) is 50.6 Å². The first-order valence-electron chi connectivity index (χ1n) is 13.1. The Balaban J connectivity index is 0.00000111. The fourth-order valence-electron chi connectivity index (χ4n) is 5.44. The predicted molar refractivity (Wildman–Crippen MR) is 154 cm³/mol. The molecule has 2 saturated carbocycles. The first-order valence-corrected chi connectivity index (χ1v) is 15.4. The van der Waals surface area contributed by atoms with Crippen molar-refractivity contribution in [2.75, 3.05) is 21.2 Å². The van der Waals surface area contributed by atoms with E-state index in [9.17, 15) is 13.2 Å². The number of amides is 1. The standard InChI is InChI=1S/C28H33BrN3O4S.CO2.Na/c1-31(2)37(34,35)30-28(33)19-9-11-22-25(18-7-5-4-6-8-18)17-32(27(22)14-19)16-20-13-23(20)24-15-21(36-3)10-12-26(24)29;2-1-3;/h9-12,14-15,17-18,23H,4-8,13,16H2,1-3H3,(H,30,33);;/q-1;;+1/t23-;;/m1../s1. The van der Waals surface area contributed by atoms with Gasteiger partial charge in [-0.1, -0.05) is 53.4 Å². The molecule has 2 fully saturated rings. The van der Waals surface area contributed by atoms with Crippen molar-refractivity contribution in [2.45, 2.75) is 56.9 Å².